The topological polar surface area (TPSA) is 99.0 Å². The molecule has 3 heterocycles. The summed E-state index contributed by atoms with van der Waals surface area (Å²) in [6.45, 7) is 6.12. The van der Waals surface area contributed by atoms with Gasteiger partial charge >= 0.3 is 0 Å². The van der Waals surface area contributed by atoms with Gasteiger partial charge in [-0.15, -0.1) is 0 Å². The highest BCUT2D eigenvalue weighted by Crippen LogP contribution is 2.29. The third-order valence-electron chi connectivity index (χ3n) is 7.87. The molecular weight excluding hydrogens is 564 g/mol. The van der Waals surface area contributed by atoms with Crippen molar-refractivity contribution in [2.24, 2.45) is 5.92 Å². The predicted octanol–water partition coefficient (Wildman–Crippen LogP) is 3.77. The van der Waals surface area contributed by atoms with Crippen LogP contribution < -0.4 is 10.2 Å². The number of nitrogens with zero attached hydrogens (tertiary/aromatic N) is 4. The van der Waals surface area contributed by atoms with Crippen LogP contribution in [0.5, 0.6) is 0 Å². The quantitative estimate of drug-likeness (QED) is 0.400. The summed E-state index contributed by atoms with van der Waals surface area (Å²) < 4.78 is 61.7. The Morgan fingerprint density at radius 1 is 0.976 bits per heavy atom. The number of rotatable bonds is 9. The SMILES string of the molecule is Cc1noc(/C=C/c2ccccc2F)c1S(=O)(=O)N1CCC(C(=O)NCCN2CCN(c3ccccc3F)CC2)CC1. The molecule has 9 nitrogen and oxygen atoms in total. The van der Waals surface area contributed by atoms with Gasteiger partial charge in [0.1, 0.15) is 17.3 Å². The van der Waals surface area contributed by atoms with Crippen LogP contribution in [0.2, 0.25) is 0 Å². The molecule has 0 aliphatic carbocycles. The Bertz CT molecular complexity index is 1530. The van der Waals surface area contributed by atoms with Gasteiger partial charge in [0, 0.05) is 63.8 Å². The second kappa shape index (κ2) is 13.1. The summed E-state index contributed by atoms with van der Waals surface area (Å²) in [5, 5.41) is 6.84. The van der Waals surface area contributed by atoms with E-state index in [1.807, 2.05) is 11.0 Å². The Hall–Kier alpha value is -3.61. The summed E-state index contributed by atoms with van der Waals surface area (Å²) in [4.78, 5) is 17.1. The van der Waals surface area contributed by atoms with E-state index in [-0.39, 0.29) is 47.1 Å². The number of aryl methyl sites for hydroxylation is 1. The smallest absolute Gasteiger partial charge is 0.248 e. The van der Waals surface area contributed by atoms with E-state index in [0.717, 1.165) is 13.1 Å². The van der Waals surface area contributed by atoms with Crippen molar-refractivity contribution in [3.05, 3.63) is 77.2 Å². The first-order chi connectivity index (χ1) is 20.2. The maximum Gasteiger partial charge on any atom is 0.248 e. The normalized spacial score (nSPS) is 17.6. The van der Waals surface area contributed by atoms with Gasteiger partial charge in [-0.3, -0.25) is 9.69 Å². The van der Waals surface area contributed by atoms with Crippen LogP contribution in [-0.2, 0) is 14.8 Å². The number of hydrogen-bond donors (Lipinski definition) is 1. The molecule has 2 aliphatic rings. The van der Waals surface area contributed by atoms with E-state index in [4.69, 9.17) is 4.52 Å². The first kappa shape index (κ1) is 29.9. The number of halogens is 2. The molecule has 2 fully saturated rings. The Labute approximate surface area is 244 Å². The molecule has 2 saturated heterocycles. The molecular formula is C30H35F2N5O4S. The van der Waals surface area contributed by atoms with Crippen LogP contribution >= 0.6 is 0 Å². The van der Waals surface area contributed by atoms with Gasteiger partial charge in [-0.05, 0) is 50.1 Å². The molecule has 3 aromatic rings. The number of aromatic nitrogens is 1. The molecule has 5 rings (SSSR count). The number of hydrogen-bond acceptors (Lipinski definition) is 7. The Kier molecular flexibility index (Phi) is 9.34. The second-order valence-corrected chi connectivity index (χ2v) is 12.4. The average Bonchev–Trinajstić information content (AvgIpc) is 3.38. The second-order valence-electron chi connectivity index (χ2n) is 10.6. The molecule has 0 unspecified atom stereocenters. The maximum atomic E-state index is 14.1. The number of para-hydroxylation sites is 1. The van der Waals surface area contributed by atoms with E-state index >= 15 is 0 Å². The molecule has 2 aliphatic heterocycles. The number of amides is 1. The van der Waals surface area contributed by atoms with Crippen LogP contribution in [0.3, 0.4) is 0 Å². The third kappa shape index (κ3) is 6.71. The number of nitrogens with one attached hydrogen (secondary N) is 1. The molecule has 1 amide bonds. The number of piperidine rings is 1. The molecule has 42 heavy (non-hydrogen) atoms. The highest BCUT2D eigenvalue weighted by Gasteiger charge is 2.36. The van der Waals surface area contributed by atoms with Gasteiger partial charge in [0.2, 0.25) is 15.9 Å². The average molecular weight is 600 g/mol. The van der Waals surface area contributed by atoms with E-state index in [2.05, 4.69) is 15.4 Å². The molecule has 12 heteroatoms. The summed E-state index contributed by atoms with van der Waals surface area (Å²) in [6.07, 6.45) is 3.66. The molecule has 0 radical (unpaired) electrons. The highest BCUT2D eigenvalue weighted by atomic mass is 32.2. The minimum Gasteiger partial charge on any atom is -0.367 e. The Morgan fingerprint density at radius 3 is 2.33 bits per heavy atom. The van der Waals surface area contributed by atoms with Crippen molar-refractivity contribution >= 4 is 33.8 Å². The van der Waals surface area contributed by atoms with E-state index in [1.165, 1.54) is 28.6 Å². The Morgan fingerprint density at radius 2 is 1.64 bits per heavy atom. The van der Waals surface area contributed by atoms with Crippen LogP contribution in [0.15, 0.2) is 57.9 Å². The number of benzene rings is 2. The summed E-state index contributed by atoms with van der Waals surface area (Å²) in [5.41, 5.74) is 1.14. The van der Waals surface area contributed by atoms with E-state index in [9.17, 15) is 22.0 Å². The molecule has 0 saturated carbocycles. The lowest BCUT2D eigenvalue weighted by Gasteiger charge is -2.36. The van der Waals surface area contributed by atoms with Gasteiger partial charge in [-0.1, -0.05) is 35.5 Å². The van der Waals surface area contributed by atoms with Crippen LogP contribution in [0, 0.1) is 24.5 Å². The fourth-order valence-electron chi connectivity index (χ4n) is 5.46. The lowest BCUT2D eigenvalue weighted by Crippen LogP contribution is -2.49. The molecule has 2 aromatic carbocycles. The van der Waals surface area contributed by atoms with Crippen molar-refractivity contribution in [1.82, 2.24) is 19.7 Å². The minimum atomic E-state index is -3.94. The van der Waals surface area contributed by atoms with Crippen molar-refractivity contribution in [3.63, 3.8) is 0 Å². The number of anilines is 1. The van der Waals surface area contributed by atoms with Crippen molar-refractivity contribution in [2.75, 3.05) is 57.3 Å². The summed E-state index contributed by atoms with van der Waals surface area (Å²) in [5.74, 6) is -0.974. The third-order valence-corrected chi connectivity index (χ3v) is 9.93. The van der Waals surface area contributed by atoms with Crippen LogP contribution in [0.25, 0.3) is 12.2 Å². The van der Waals surface area contributed by atoms with Crippen molar-refractivity contribution < 1.29 is 26.5 Å². The van der Waals surface area contributed by atoms with E-state index in [1.54, 1.807) is 37.3 Å². The fraction of sp³-hybridized carbons (Fsp3) is 0.400. The zero-order chi connectivity index (χ0) is 29.7. The van der Waals surface area contributed by atoms with Crippen LogP contribution in [0.4, 0.5) is 14.5 Å². The molecule has 224 valence electrons. The van der Waals surface area contributed by atoms with Crippen molar-refractivity contribution in [2.45, 2.75) is 24.7 Å². The van der Waals surface area contributed by atoms with E-state index in [0.29, 0.717) is 50.3 Å². The van der Waals surface area contributed by atoms with Crippen molar-refractivity contribution in [3.8, 4) is 0 Å². The molecule has 0 bridgehead atoms. The first-order valence-electron chi connectivity index (χ1n) is 14.1. The molecule has 1 N–H and O–H groups in total. The summed E-state index contributed by atoms with van der Waals surface area (Å²) >= 11 is 0. The first-order valence-corrected chi connectivity index (χ1v) is 15.6. The number of carbonyl (C=O) groups excluding carboxylic acids is 1. The zero-order valence-electron chi connectivity index (χ0n) is 23.5. The lowest BCUT2D eigenvalue weighted by atomic mass is 9.97. The highest BCUT2D eigenvalue weighted by molar-refractivity contribution is 7.89. The van der Waals surface area contributed by atoms with Gasteiger partial charge in [-0.25, -0.2) is 17.2 Å². The van der Waals surface area contributed by atoms with Gasteiger partial charge < -0.3 is 14.7 Å². The molecule has 1 aromatic heterocycles. The van der Waals surface area contributed by atoms with Gasteiger partial charge in [0.15, 0.2) is 10.7 Å². The standard InChI is InChI=1S/C30H35F2N5O4S/c1-22-29(28(41-34-22)11-10-23-6-2-3-7-25(23)31)42(39,40)37-15-12-24(13-16-37)30(38)33-14-17-35-18-20-36(21-19-35)27-9-5-4-8-26(27)32/h2-11,24H,12-21H2,1H3,(H,33,38)/b11-10+. The van der Waals surface area contributed by atoms with Crippen LogP contribution in [0.1, 0.15) is 29.9 Å². The fourth-order valence-corrected chi connectivity index (χ4v) is 7.18. The minimum absolute atomic E-state index is 0.0327. The summed E-state index contributed by atoms with van der Waals surface area (Å²) in [7, 11) is -3.94. The Balaban J connectivity index is 1.09. The van der Waals surface area contributed by atoms with E-state index < -0.39 is 15.8 Å². The number of carbonyl (C=O) groups is 1. The van der Waals surface area contributed by atoms with Crippen LogP contribution in [-0.4, -0.2) is 81.0 Å². The molecule has 0 atom stereocenters. The number of piperazine rings is 1. The predicted molar refractivity (Wildman–Crippen MR) is 156 cm³/mol. The van der Waals surface area contributed by atoms with Gasteiger partial charge in [0.05, 0.1) is 5.69 Å². The molecule has 0 spiro atoms. The van der Waals surface area contributed by atoms with Gasteiger partial charge in [-0.2, -0.15) is 4.31 Å². The maximum absolute atomic E-state index is 14.1. The zero-order valence-corrected chi connectivity index (χ0v) is 24.3. The monoisotopic (exact) mass is 599 g/mol. The summed E-state index contributed by atoms with van der Waals surface area (Å²) in [6, 6.07) is 12.9. The largest absolute Gasteiger partial charge is 0.367 e. The van der Waals surface area contributed by atoms with Crippen molar-refractivity contribution in [1.29, 1.82) is 0 Å². The van der Waals surface area contributed by atoms with Gasteiger partial charge in [0.25, 0.3) is 0 Å². The lowest BCUT2D eigenvalue weighted by molar-refractivity contribution is -0.126. The number of sulfonamides is 1.